The minimum atomic E-state index is 0. The van der Waals surface area contributed by atoms with Gasteiger partial charge in [0.05, 0.1) is 0 Å². The number of halogens is 2. The van der Waals surface area contributed by atoms with Crippen molar-refractivity contribution in [2.45, 2.75) is 20.3 Å². The number of hydrogen-bond acceptors (Lipinski definition) is 3. The van der Waals surface area contributed by atoms with E-state index in [4.69, 9.17) is 5.73 Å². The minimum Gasteiger partial charge on any atom is -0.330 e. The van der Waals surface area contributed by atoms with Crippen molar-refractivity contribution in [2.75, 3.05) is 26.7 Å². The van der Waals surface area contributed by atoms with Crippen molar-refractivity contribution in [1.82, 2.24) is 9.88 Å². The van der Waals surface area contributed by atoms with Gasteiger partial charge in [0.15, 0.2) is 0 Å². The lowest BCUT2D eigenvalue weighted by atomic mass is 9.93. The fraction of sp³-hybridized carbons (Fsp3) is 0.615. The van der Waals surface area contributed by atoms with Crippen molar-refractivity contribution in [3.63, 3.8) is 0 Å². The topological polar surface area (TPSA) is 42.2 Å². The highest BCUT2D eigenvalue weighted by Crippen LogP contribution is 2.13. The molecular formula is C13H25Cl2N3. The molecule has 0 fully saturated rings. The fourth-order valence-corrected chi connectivity index (χ4v) is 1.74. The van der Waals surface area contributed by atoms with Gasteiger partial charge in [-0.3, -0.25) is 4.98 Å². The van der Waals surface area contributed by atoms with E-state index in [9.17, 15) is 0 Å². The highest BCUT2D eigenvalue weighted by molar-refractivity contribution is 5.85. The van der Waals surface area contributed by atoms with Crippen LogP contribution in [0.4, 0.5) is 0 Å². The predicted octanol–water partition coefficient (Wildman–Crippen LogP) is 2.38. The lowest BCUT2D eigenvalue weighted by molar-refractivity contribution is 0.217. The summed E-state index contributed by atoms with van der Waals surface area (Å²) in [6, 6.07) is 4.11. The molecule has 0 radical (unpaired) electrons. The second-order valence-electron chi connectivity index (χ2n) is 5.22. The van der Waals surface area contributed by atoms with Gasteiger partial charge in [0.2, 0.25) is 0 Å². The van der Waals surface area contributed by atoms with Gasteiger partial charge in [0, 0.05) is 25.5 Å². The number of likely N-dealkylation sites (N-methyl/N-ethyl adjacent to an activating group) is 1. The predicted molar refractivity (Wildman–Crippen MR) is 82.8 cm³/mol. The van der Waals surface area contributed by atoms with Crippen LogP contribution in [0.3, 0.4) is 0 Å². The Labute approximate surface area is 123 Å². The van der Waals surface area contributed by atoms with Crippen molar-refractivity contribution in [3.05, 3.63) is 30.1 Å². The summed E-state index contributed by atoms with van der Waals surface area (Å²) < 4.78 is 0. The van der Waals surface area contributed by atoms with E-state index in [1.165, 1.54) is 5.56 Å². The third kappa shape index (κ3) is 7.88. The summed E-state index contributed by atoms with van der Waals surface area (Å²) in [5.74, 6) is 0. The average Bonchev–Trinajstić information content (AvgIpc) is 2.27. The summed E-state index contributed by atoms with van der Waals surface area (Å²) in [6.45, 7) is 7.21. The molecule has 2 N–H and O–H groups in total. The van der Waals surface area contributed by atoms with E-state index in [0.717, 1.165) is 26.1 Å². The van der Waals surface area contributed by atoms with Crippen LogP contribution < -0.4 is 5.73 Å². The molecule has 1 aromatic heterocycles. The number of nitrogens with zero attached hydrogens (tertiary/aromatic N) is 2. The molecule has 1 rings (SSSR count). The molecule has 0 aromatic carbocycles. The lowest BCUT2D eigenvalue weighted by Crippen LogP contribution is -2.37. The Kier molecular flexibility index (Phi) is 10.6. The zero-order valence-corrected chi connectivity index (χ0v) is 13.1. The van der Waals surface area contributed by atoms with Gasteiger partial charge in [-0.05, 0) is 37.1 Å². The normalized spacial score (nSPS) is 10.7. The molecule has 5 heteroatoms. The van der Waals surface area contributed by atoms with Gasteiger partial charge in [-0.2, -0.15) is 0 Å². The Balaban J connectivity index is 0. The van der Waals surface area contributed by atoms with Crippen LogP contribution >= 0.6 is 24.8 Å². The van der Waals surface area contributed by atoms with E-state index in [1.54, 1.807) is 0 Å². The van der Waals surface area contributed by atoms with Gasteiger partial charge >= 0.3 is 0 Å². The van der Waals surface area contributed by atoms with Crippen LogP contribution in [0.25, 0.3) is 0 Å². The van der Waals surface area contributed by atoms with E-state index in [1.807, 2.05) is 18.5 Å². The number of rotatable bonds is 6. The first-order valence-electron chi connectivity index (χ1n) is 5.81. The second kappa shape index (κ2) is 9.56. The second-order valence-corrected chi connectivity index (χ2v) is 5.22. The Morgan fingerprint density at radius 1 is 1.33 bits per heavy atom. The monoisotopic (exact) mass is 293 g/mol. The molecule has 0 saturated carbocycles. The lowest BCUT2D eigenvalue weighted by Gasteiger charge is -2.28. The maximum Gasteiger partial charge on any atom is 0.0300 e. The molecule has 0 aliphatic rings. The molecule has 0 amide bonds. The van der Waals surface area contributed by atoms with E-state index in [0.29, 0.717) is 0 Å². The first-order valence-corrected chi connectivity index (χ1v) is 5.81. The molecular weight excluding hydrogens is 269 g/mol. The average molecular weight is 294 g/mol. The minimum absolute atomic E-state index is 0. The van der Waals surface area contributed by atoms with Crippen molar-refractivity contribution < 1.29 is 0 Å². The Morgan fingerprint density at radius 2 is 2.00 bits per heavy atom. The smallest absolute Gasteiger partial charge is 0.0300 e. The molecule has 0 saturated heterocycles. The molecule has 3 nitrogen and oxygen atoms in total. The maximum atomic E-state index is 5.73. The van der Waals surface area contributed by atoms with Crippen LogP contribution in [0.1, 0.15) is 19.4 Å². The molecule has 18 heavy (non-hydrogen) atoms. The van der Waals surface area contributed by atoms with E-state index < -0.39 is 0 Å². The first kappa shape index (κ1) is 20.0. The SMILES string of the molecule is CN(CCc1cccnc1)CC(C)(C)CN.Cl.Cl. The van der Waals surface area contributed by atoms with E-state index >= 15 is 0 Å². The largest absolute Gasteiger partial charge is 0.330 e. The van der Waals surface area contributed by atoms with Gasteiger partial charge in [-0.25, -0.2) is 0 Å². The Hall–Kier alpha value is -0.350. The number of aromatic nitrogens is 1. The van der Waals surface area contributed by atoms with Crippen LogP contribution in [-0.4, -0.2) is 36.6 Å². The van der Waals surface area contributed by atoms with Crippen LogP contribution in [0, 0.1) is 5.41 Å². The summed E-state index contributed by atoms with van der Waals surface area (Å²) in [6.07, 6.45) is 4.79. The number of nitrogens with two attached hydrogens (primary N) is 1. The third-order valence-corrected chi connectivity index (χ3v) is 2.76. The first-order chi connectivity index (χ1) is 7.53. The summed E-state index contributed by atoms with van der Waals surface area (Å²) in [5, 5.41) is 0. The number of hydrogen-bond donors (Lipinski definition) is 1. The van der Waals surface area contributed by atoms with Gasteiger partial charge in [0.1, 0.15) is 0 Å². The van der Waals surface area contributed by atoms with Crippen LogP contribution in [0.5, 0.6) is 0 Å². The van der Waals surface area contributed by atoms with Gasteiger partial charge in [-0.15, -0.1) is 24.8 Å². The van der Waals surface area contributed by atoms with E-state index in [-0.39, 0.29) is 30.2 Å². The summed E-state index contributed by atoms with van der Waals surface area (Å²) in [4.78, 5) is 6.45. The molecule has 0 aliphatic carbocycles. The van der Waals surface area contributed by atoms with Gasteiger partial charge in [0.25, 0.3) is 0 Å². The quantitative estimate of drug-likeness (QED) is 0.876. The Morgan fingerprint density at radius 3 is 2.50 bits per heavy atom. The summed E-state index contributed by atoms with van der Waals surface area (Å²) >= 11 is 0. The van der Waals surface area contributed by atoms with Crippen molar-refractivity contribution in [2.24, 2.45) is 11.1 Å². The van der Waals surface area contributed by atoms with E-state index in [2.05, 4.69) is 36.8 Å². The zero-order chi connectivity index (χ0) is 12.0. The summed E-state index contributed by atoms with van der Waals surface area (Å²) in [5.41, 5.74) is 7.21. The molecule has 0 spiro atoms. The third-order valence-electron chi connectivity index (χ3n) is 2.76. The highest BCUT2D eigenvalue weighted by Gasteiger charge is 2.17. The summed E-state index contributed by atoms with van der Waals surface area (Å²) in [7, 11) is 2.15. The molecule has 1 heterocycles. The highest BCUT2D eigenvalue weighted by atomic mass is 35.5. The molecule has 0 bridgehead atoms. The molecule has 0 unspecified atom stereocenters. The van der Waals surface area contributed by atoms with Crippen LogP contribution in [0.2, 0.25) is 0 Å². The maximum absolute atomic E-state index is 5.73. The van der Waals surface area contributed by atoms with Gasteiger partial charge in [-0.1, -0.05) is 19.9 Å². The van der Waals surface area contributed by atoms with Gasteiger partial charge < -0.3 is 10.6 Å². The van der Waals surface area contributed by atoms with Crippen molar-refractivity contribution >= 4 is 24.8 Å². The van der Waals surface area contributed by atoms with Crippen molar-refractivity contribution in [3.8, 4) is 0 Å². The van der Waals surface area contributed by atoms with Crippen LogP contribution in [0.15, 0.2) is 24.5 Å². The van der Waals surface area contributed by atoms with Crippen LogP contribution in [-0.2, 0) is 6.42 Å². The number of pyridine rings is 1. The fourth-order valence-electron chi connectivity index (χ4n) is 1.74. The Bertz CT molecular complexity index is 304. The van der Waals surface area contributed by atoms with Crippen molar-refractivity contribution in [1.29, 1.82) is 0 Å². The standard InChI is InChI=1S/C13H23N3.2ClH/c1-13(2,10-14)11-16(3)8-6-12-5-4-7-15-9-12;;/h4-5,7,9H,6,8,10-11,14H2,1-3H3;2*1H. The molecule has 0 atom stereocenters. The zero-order valence-electron chi connectivity index (χ0n) is 11.4. The molecule has 0 aliphatic heterocycles. The molecule has 1 aromatic rings. The molecule has 106 valence electrons.